The Hall–Kier alpha value is -2.32. The summed E-state index contributed by atoms with van der Waals surface area (Å²) >= 11 is 0. The predicted octanol–water partition coefficient (Wildman–Crippen LogP) is 4.35. The Morgan fingerprint density at radius 2 is 1.79 bits per heavy atom. The molecule has 0 saturated carbocycles. The number of nitrogens with one attached hydrogen (secondary N) is 1. The number of imidazole rings is 1. The van der Waals surface area contributed by atoms with Gasteiger partial charge in [0.2, 0.25) is 10.0 Å². The van der Waals surface area contributed by atoms with Gasteiger partial charge in [0.15, 0.2) is 0 Å². The summed E-state index contributed by atoms with van der Waals surface area (Å²) in [5, 5.41) is 0. The number of rotatable bonds is 5. The van der Waals surface area contributed by atoms with Crippen molar-refractivity contribution in [2.75, 3.05) is 0 Å². The molecule has 0 radical (unpaired) electrons. The van der Waals surface area contributed by atoms with E-state index in [1.807, 2.05) is 6.07 Å². The number of sulfonamides is 1. The van der Waals surface area contributed by atoms with Crippen LogP contribution in [0.1, 0.15) is 49.3 Å². The number of hydrogen-bond donors (Lipinski definition) is 1. The summed E-state index contributed by atoms with van der Waals surface area (Å²) in [4.78, 5) is 4.39. The van der Waals surface area contributed by atoms with Crippen molar-refractivity contribution in [2.45, 2.75) is 50.1 Å². The van der Waals surface area contributed by atoms with Crippen LogP contribution in [0.5, 0.6) is 0 Å². The summed E-state index contributed by atoms with van der Waals surface area (Å²) < 4.78 is 56.3. The second-order valence-corrected chi connectivity index (χ2v) is 8.80. The zero-order chi connectivity index (χ0) is 19.9. The van der Waals surface area contributed by atoms with Crippen molar-refractivity contribution in [3.63, 3.8) is 0 Å². The van der Waals surface area contributed by atoms with Crippen molar-refractivity contribution in [3.05, 3.63) is 59.4 Å². The molecule has 28 heavy (non-hydrogen) atoms. The first-order chi connectivity index (χ1) is 13.4. The van der Waals surface area contributed by atoms with E-state index >= 15 is 0 Å². The van der Waals surface area contributed by atoms with E-state index in [0.29, 0.717) is 5.52 Å². The van der Waals surface area contributed by atoms with Gasteiger partial charge in [-0.3, -0.25) is 4.57 Å². The van der Waals surface area contributed by atoms with Gasteiger partial charge in [-0.15, -0.1) is 0 Å². The Kier molecular flexibility index (Phi) is 4.93. The molecule has 0 unspecified atom stereocenters. The summed E-state index contributed by atoms with van der Waals surface area (Å²) in [6.45, 7) is -1.30. The summed E-state index contributed by atoms with van der Waals surface area (Å²) in [5.74, 6) is -0.0160. The van der Waals surface area contributed by atoms with Crippen LogP contribution in [0.15, 0.2) is 47.4 Å². The third-order valence-corrected chi connectivity index (χ3v) is 6.71. The summed E-state index contributed by atoms with van der Waals surface area (Å²) in [6, 6.07) is 10.7. The van der Waals surface area contributed by atoms with E-state index in [0.717, 1.165) is 35.8 Å². The molecule has 1 heterocycles. The number of aryl methyl sites for hydroxylation is 2. The fourth-order valence-corrected chi connectivity index (χ4v) is 5.06. The molecule has 1 aromatic heterocycles. The number of aromatic nitrogens is 2. The van der Waals surface area contributed by atoms with E-state index in [4.69, 9.17) is 0 Å². The first kappa shape index (κ1) is 19.0. The highest BCUT2D eigenvalue weighted by molar-refractivity contribution is 7.89. The SMILES string of the molecule is C[C@@H](NS(=O)(=O)c1ccc2c(c1)CCCC2)c1nc2ccccc2n1C(F)F. The van der Waals surface area contributed by atoms with Gasteiger partial charge in [0.1, 0.15) is 5.82 Å². The zero-order valence-electron chi connectivity index (χ0n) is 15.4. The molecule has 4 rings (SSSR count). The van der Waals surface area contributed by atoms with Crippen LogP contribution in [0.3, 0.4) is 0 Å². The van der Waals surface area contributed by atoms with Crippen LogP contribution in [0.25, 0.3) is 11.0 Å². The molecule has 1 aliphatic carbocycles. The van der Waals surface area contributed by atoms with Crippen LogP contribution in [0.2, 0.25) is 0 Å². The van der Waals surface area contributed by atoms with Gasteiger partial charge in [0.05, 0.1) is 22.0 Å². The average molecular weight is 405 g/mol. The molecule has 3 aromatic rings. The fourth-order valence-electron chi connectivity index (χ4n) is 3.80. The van der Waals surface area contributed by atoms with Gasteiger partial charge in [-0.25, -0.2) is 18.1 Å². The molecule has 0 bridgehead atoms. The molecule has 0 fully saturated rings. The van der Waals surface area contributed by atoms with Crippen molar-refractivity contribution < 1.29 is 17.2 Å². The highest BCUT2D eigenvalue weighted by atomic mass is 32.2. The number of para-hydroxylation sites is 2. The van der Waals surface area contributed by atoms with Gasteiger partial charge in [0, 0.05) is 0 Å². The third kappa shape index (κ3) is 3.42. The van der Waals surface area contributed by atoms with Crippen molar-refractivity contribution in [3.8, 4) is 0 Å². The maximum Gasteiger partial charge on any atom is 0.320 e. The minimum atomic E-state index is -3.87. The van der Waals surface area contributed by atoms with Gasteiger partial charge in [0.25, 0.3) is 0 Å². The molecular formula is C20H21F2N3O2S. The van der Waals surface area contributed by atoms with Crippen molar-refractivity contribution >= 4 is 21.1 Å². The number of benzene rings is 2. The molecule has 0 amide bonds. The third-order valence-electron chi connectivity index (χ3n) is 5.17. The lowest BCUT2D eigenvalue weighted by molar-refractivity contribution is 0.0702. The Bertz CT molecular complexity index is 1130. The van der Waals surface area contributed by atoms with Crippen LogP contribution in [0, 0.1) is 0 Å². The lowest BCUT2D eigenvalue weighted by Gasteiger charge is -2.19. The first-order valence-corrected chi connectivity index (χ1v) is 10.7. The Morgan fingerprint density at radius 1 is 1.07 bits per heavy atom. The van der Waals surface area contributed by atoms with Crippen LogP contribution < -0.4 is 4.72 Å². The Morgan fingerprint density at radius 3 is 2.54 bits per heavy atom. The lowest BCUT2D eigenvalue weighted by Crippen LogP contribution is -2.29. The van der Waals surface area contributed by atoms with Crippen LogP contribution >= 0.6 is 0 Å². The van der Waals surface area contributed by atoms with Crippen molar-refractivity contribution in [1.82, 2.24) is 14.3 Å². The smallest absolute Gasteiger partial charge is 0.269 e. The van der Waals surface area contributed by atoms with Crippen molar-refractivity contribution in [1.29, 1.82) is 0 Å². The lowest BCUT2D eigenvalue weighted by atomic mass is 9.92. The van der Waals surface area contributed by atoms with E-state index < -0.39 is 22.6 Å². The standard InChI is InChI=1S/C20H21F2N3O2S/c1-13(19-23-17-8-4-5-9-18(17)25(19)20(21)22)24-28(26,27)16-11-10-14-6-2-3-7-15(14)12-16/h4-5,8-13,20,24H,2-3,6-7H2,1H3/t13-/m1/s1. The van der Waals surface area contributed by atoms with E-state index in [2.05, 4.69) is 9.71 Å². The van der Waals surface area contributed by atoms with E-state index in [1.165, 1.54) is 12.5 Å². The molecule has 8 heteroatoms. The van der Waals surface area contributed by atoms with Crippen LogP contribution in [-0.4, -0.2) is 18.0 Å². The molecular weight excluding hydrogens is 384 g/mol. The zero-order valence-corrected chi connectivity index (χ0v) is 16.2. The topological polar surface area (TPSA) is 64.0 Å². The predicted molar refractivity (Wildman–Crippen MR) is 103 cm³/mol. The Labute approximate surface area is 162 Å². The molecule has 1 aliphatic rings. The Balaban J connectivity index is 1.67. The van der Waals surface area contributed by atoms with Gasteiger partial charge < -0.3 is 0 Å². The molecule has 5 nitrogen and oxygen atoms in total. The monoisotopic (exact) mass is 405 g/mol. The maximum atomic E-state index is 13.6. The van der Waals surface area contributed by atoms with Gasteiger partial charge in [-0.1, -0.05) is 18.2 Å². The molecule has 2 aromatic carbocycles. The summed E-state index contributed by atoms with van der Waals surface area (Å²) in [5.41, 5.74) is 2.89. The number of fused-ring (bicyclic) bond motifs is 2. The van der Waals surface area contributed by atoms with Gasteiger partial charge in [-0.05, 0) is 68.0 Å². The van der Waals surface area contributed by atoms with E-state index in [1.54, 1.807) is 36.4 Å². The van der Waals surface area contributed by atoms with Crippen LogP contribution in [0.4, 0.5) is 8.78 Å². The molecule has 0 aliphatic heterocycles. The number of halogens is 2. The quantitative estimate of drug-likeness (QED) is 0.686. The maximum absolute atomic E-state index is 13.6. The number of nitrogens with zero attached hydrogens (tertiary/aromatic N) is 2. The molecule has 0 spiro atoms. The molecule has 148 valence electrons. The molecule has 1 atom stereocenters. The number of alkyl halides is 2. The van der Waals surface area contributed by atoms with E-state index in [9.17, 15) is 17.2 Å². The summed E-state index contributed by atoms with van der Waals surface area (Å²) in [6.07, 6.45) is 3.96. The summed E-state index contributed by atoms with van der Waals surface area (Å²) in [7, 11) is -3.87. The number of hydrogen-bond acceptors (Lipinski definition) is 3. The van der Waals surface area contributed by atoms with Gasteiger partial charge in [-0.2, -0.15) is 8.78 Å². The van der Waals surface area contributed by atoms with Gasteiger partial charge >= 0.3 is 6.55 Å². The first-order valence-electron chi connectivity index (χ1n) is 9.26. The van der Waals surface area contributed by atoms with E-state index in [-0.39, 0.29) is 16.2 Å². The minimum absolute atomic E-state index is 0.0160. The molecule has 1 N–H and O–H groups in total. The molecule has 0 saturated heterocycles. The van der Waals surface area contributed by atoms with Crippen molar-refractivity contribution in [2.24, 2.45) is 0 Å². The average Bonchev–Trinajstić information content (AvgIpc) is 3.07. The van der Waals surface area contributed by atoms with Crippen LogP contribution in [-0.2, 0) is 22.9 Å². The minimum Gasteiger partial charge on any atom is -0.269 e. The highest BCUT2D eigenvalue weighted by Gasteiger charge is 2.26. The normalized spacial score (nSPS) is 15.7. The fraction of sp³-hybridized carbons (Fsp3) is 0.350. The largest absolute Gasteiger partial charge is 0.320 e. The second kappa shape index (κ2) is 7.25. The highest BCUT2D eigenvalue weighted by Crippen LogP contribution is 2.28. The second-order valence-electron chi connectivity index (χ2n) is 7.09.